The van der Waals surface area contributed by atoms with Gasteiger partial charge in [-0.05, 0) is 37.4 Å². The number of carbonyl (C=O) groups excluding carboxylic acids is 1. The molecule has 0 bridgehead atoms. The monoisotopic (exact) mass is 330 g/mol. The maximum atomic E-state index is 11.9. The molecule has 2 saturated heterocycles. The number of cyclic esters (lactones) is 1. The first-order chi connectivity index (χ1) is 10.2. The lowest BCUT2D eigenvalue weighted by atomic mass is 10.1. The maximum absolute atomic E-state index is 11.9. The van der Waals surface area contributed by atoms with Crippen molar-refractivity contribution in [3.05, 3.63) is 0 Å². The van der Waals surface area contributed by atoms with E-state index in [4.69, 9.17) is 18.6 Å². The molecule has 0 aromatic heterocycles. The van der Waals surface area contributed by atoms with Crippen LogP contribution in [0.25, 0.3) is 0 Å². The van der Waals surface area contributed by atoms with Crippen LogP contribution in [0.1, 0.15) is 40.0 Å². The molecule has 0 aromatic rings. The van der Waals surface area contributed by atoms with E-state index >= 15 is 0 Å². The largest absolute Gasteiger partial charge is 0.463 e. The first-order valence-corrected chi connectivity index (χ1v) is 11.2. The zero-order valence-electron chi connectivity index (χ0n) is 14.5. The van der Waals surface area contributed by atoms with E-state index in [1.54, 1.807) is 0 Å². The van der Waals surface area contributed by atoms with E-state index in [0.29, 0.717) is 19.8 Å². The van der Waals surface area contributed by atoms with Gasteiger partial charge in [-0.15, -0.1) is 0 Å². The number of hydrogen-bond acceptors (Lipinski definition) is 5. The van der Waals surface area contributed by atoms with Gasteiger partial charge in [0.15, 0.2) is 20.7 Å². The van der Waals surface area contributed by atoms with Gasteiger partial charge in [0.1, 0.15) is 0 Å². The Morgan fingerprint density at radius 1 is 1.27 bits per heavy atom. The lowest BCUT2D eigenvalue weighted by Gasteiger charge is -2.37. The molecule has 2 heterocycles. The zero-order valence-corrected chi connectivity index (χ0v) is 15.5. The summed E-state index contributed by atoms with van der Waals surface area (Å²) < 4.78 is 22.9. The molecule has 0 spiro atoms. The topological polar surface area (TPSA) is 54.0 Å². The van der Waals surface area contributed by atoms with Crippen molar-refractivity contribution < 1.29 is 23.4 Å². The van der Waals surface area contributed by atoms with Crippen molar-refractivity contribution in [2.24, 2.45) is 5.92 Å². The van der Waals surface area contributed by atoms with Crippen LogP contribution < -0.4 is 0 Å². The number of rotatable bonds is 5. The molecule has 0 amide bonds. The highest BCUT2D eigenvalue weighted by molar-refractivity contribution is 6.74. The van der Waals surface area contributed by atoms with Crippen molar-refractivity contribution in [1.29, 1.82) is 0 Å². The average molecular weight is 330 g/mol. The quantitative estimate of drug-likeness (QED) is 0.573. The van der Waals surface area contributed by atoms with Crippen LogP contribution in [0.2, 0.25) is 18.1 Å². The summed E-state index contributed by atoms with van der Waals surface area (Å²) in [6.45, 7) is 12.6. The Hall–Kier alpha value is -0.433. The van der Waals surface area contributed by atoms with Gasteiger partial charge in [0.2, 0.25) is 0 Å². The SMILES string of the molecule is CC(C)(C)[Si](C)(C)OC[C@H]1COC(=O)[C@H]1OC1CCCCO1. The zero-order chi connectivity index (χ0) is 16.4. The number of ether oxygens (including phenoxy) is 3. The summed E-state index contributed by atoms with van der Waals surface area (Å²) >= 11 is 0. The molecule has 2 fully saturated rings. The Balaban J connectivity index is 1.90. The lowest BCUT2D eigenvalue weighted by Crippen LogP contribution is -2.44. The van der Waals surface area contributed by atoms with E-state index < -0.39 is 14.4 Å². The molecule has 2 aliphatic rings. The molecule has 22 heavy (non-hydrogen) atoms. The third-order valence-corrected chi connectivity index (χ3v) is 9.50. The summed E-state index contributed by atoms with van der Waals surface area (Å²) in [6, 6.07) is 0. The number of carbonyl (C=O) groups is 1. The normalized spacial score (nSPS) is 30.4. The van der Waals surface area contributed by atoms with E-state index in [-0.39, 0.29) is 23.2 Å². The molecule has 2 aliphatic heterocycles. The van der Waals surface area contributed by atoms with Crippen LogP contribution in [0.5, 0.6) is 0 Å². The van der Waals surface area contributed by atoms with Gasteiger partial charge < -0.3 is 18.6 Å². The molecule has 0 saturated carbocycles. The number of hydrogen-bond donors (Lipinski definition) is 0. The summed E-state index contributed by atoms with van der Waals surface area (Å²) in [7, 11) is -1.83. The van der Waals surface area contributed by atoms with Gasteiger partial charge in [-0.1, -0.05) is 20.8 Å². The molecule has 0 radical (unpaired) electrons. The molecule has 3 atom stereocenters. The van der Waals surface area contributed by atoms with Gasteiger partial charge in [-0.25, -0.2) is 4.79 Å². The molecule has 1 unspecified atom stereocenters. The smallest absolute Gasteiger partial charge is 0.335 e. The van der Waals surface area contributed by atoms with E-state index in [1.165, 1.54) is 0 Å². The first-order valence-electron chi connectivity index (χ1n) is 8.28. The summed E-state index contributed by atoms with van der Waals surface area (Å²) in [5.41, 5.74) is 0. The van der Waals surface area contributed by atoms with Crippen LogP contribution in [-0.2, 0) is 23.4 Å². The maximum Gasteiger partial charge on any atom is 0.335 e. The van der Waals surface area contributed by atoms with Crippen molar-refractivity contribution in [1.82, 2.24) is 0 Å². The fraction of sp³-hybridized carbons (Fsp3) is 0.938. The van der Waals surface area contributed by atoms with E-state index in [0.717, 1.165) is 19.3 Å². The van der Waals surface area contributed by atoms with Gasteiger partial charge in [0.05, 0.1) is 12.5 Å². The Kier molecular flexibility index (Phi) is 5.69. The lowest BCUT2D eigenvalue weighted by molar-refractivity contribution is -0.199. The Bertz CT molecular complexity index is 384. The van der Waals surface area contributed by atoms with Gasteiger partial charge in [-0.3, -0.25) is 0 Å². The molecule has 128 valence electrons. The summed E-state index contributed by atoms with van der Waals surface area (Å²) in [6.07, 6.45) is 2.16. The van der Waals surface area contributed by atoms with Gasteiger partial charge in [0, 0.05) is 13.2 Å². The fourth-order valence-electron chi connectivity index (χ4n) is 2.37. The van der Waals surface area contributed by atoms with Gasteiger partial charge in [0.25, 0.3) is 0 Å². The molecule has 6 heteroatoms. The van der Waals surface area contributed by atoms with Crippen LogP contribution in [0.15, 0.2) is 0 Å². The predicted molar refractivity (Wildman–Crippen MR) is 86.1 cm³/mol. The molecule has 0 aromatic carbocycles. The van der Waals surface area contributed by atoms with Crippen LogP contribution in [-0.4, -0.2) is 46.5 Å². The van der Waals surface area contributed by atoms with Crippen LogP contribution >= 0.6 is 0 Å². The third-order valence-electron chi connectivity index (χ3n) is 5.00. The summed E-state index contributed by atoms with van der Waals surface area (Å²) in [5.74, 6) is -0.315. The molecular formula is C16H30O5Si. The highest BCUT2D eigenvalue weighted by Gasteiger charge is 2.43. The van der Waals surface area contributed by atoms with E-state index in [2.05, 4.69) is 33.9 Å². The minimum absolute atomic E-state index is 0.0350. The second-order valence-electron chi connectivity index (χ2n) is 7.81. The summed E-state index contributed by atoms with van der Waals surface area (Å²) in [5, 5.41) is 0.152. The average Bonchev–Trinajstić information content (AvgIpc) is 2.78. The molecule has 5 nitrogen and oxygen atoms in total. The molecule has 2 rings (SSSR count). The molecule has 0 aliphatic carbocycles. The Labute approximate surface area is 134 Å². The second kappa shape index (κ2) is 6.99. The fourth-order valence-corrected chi connectivity index (χ4v) is 3.43. The highest BCUT2D eigenvalue weighted by Crippen LogP contribution is 2.37. The van der Waals surface area contributed by atoms with Crippen molar-refractivity contribution in [2.45, 2.75) is 70.6 Å². The van der Waals surface area contributed by atoms with Gasteiger partial charge in [-0.2, -0.15) is 0 Å². The van der Waals surface area contributed by atoms with Gasteiger partial charge >= 0.3 is 5.97 Å². The standard InChI is InChI=1S/C16H30O5Si/c1-16(2,3)22(4,5)20-11-12-10-19-15(17)14(12)21-13-8-6-7-9-18-13/h12-14H,6-11H2,1-5H3/t12-,13?,14+/m1/s1. The van der Waals surface area contributed by atoms with Crippen molar-refractivity contribution >= 4 is 14.3 Å². The van der Waals surface area contributed by atoms with Crippen LogP contribution in [0.4, 0.5) is 0 Å². The Morgan fingerprint density at radius 3 is 2.59 bits per heavy atom. The molecular weight excluding hydrogens is 300 g/mol. The third kappa shape index (κ3) is 4.31. The van der Waals surface area contributed by atoms with Crippen molar-refractivity contribution in [3.63, 3.8) is 0 Å². The Morgan fingerprint density at radius 2 is 2.00 bits per heavy atom. The predicted octanol–water partition coefficient (Wildman–Crippen LogP) is 3.09. The highest BCUT2D eigenvalue weighted by atomic mass is 28.4. The first kappa shape index (κ1) is 17.9. The second-order valence-corrected chi connectivity index (χ2v) is 12.6. The van der Waals surface area contributed by atoms with Crippen LogP contribution in [0.3, 0.4) is 0 Å². The minimum Gasteiger partial charge on any atom is -0.463 e. The van der Waals surface area contributed by atoms with E-state index in [1.807, 2.05) is 0 Å². The summed E-state index contributed by atoms with van der Waals surface area (Å²) in [4.78, 5) is 11.9. The van der Waals surface area contributed by atoms with Crippen LogP contribution in [0, 0.1) is 5.92 Å². The van der Waals surface area contributed by atoms with E-state index in [9.17, 15) is 4.79 Å². The van der Waals surface area contributed by atoms with Crippen molar-refractivity contribution in [2.75, 3.05) is 19.8 Å². The molecule has 0 N–H and O–H groups in total. The van der Waals surface area contributed by atoms with Crippen molar-refractivity contribution in [3.8, 4) is 0 Å². The minimum atomic E-state index is -1.83. The number of esters is 1.